The van der Waals surface area contributed by atoms with Crippen molar-refractivity contribution >= 4 is 5.69 Å². The lowest BCUT2D eigenvalue weighted by molar-refractivity contribution is 0.199. The van der Waals surface area contributed by atoms with Crippen LogP contribution in [0.3, 0.4) is 0 Å². The largest absolute Gasteiger partial charge is 0.395 e. The molecular weight excluding hydrogens is 221 g/mol. The first-order chi connectivity index (χ1) is 8.10. The van der Waals surface area contributed by atoms with Gasteiger partial charge in [-0.05, 0) is 31.5 Å². The minimum atomic E-state index is -0.723. The van der Waals surface area contributed by atoms with E-state index < -0.39 is 6.10 Å². The Morgan fingerprint density at radius 2 is 2.06 bits per heavy atom. The van der Waals surface area contributed by atoms with Gasteiger partial charge in [-0.3, -0.25) is 0 Å². The summed E-state index contributed by atoms with van der Waals surface area (Å²) in [5.74, 6) is -0.356. The van der Waals surface area contributed by atoms with E-state index in [9.17, 15) is 9.50 Å². The summed E-state index contributed by atoms with van der Waals surface area (Å²) >= 11 is 0. The molecule has 17 heavy (non-hydrogen) atoms. The normalized spacial score (nSPS) is 12.5. The average molecular weight is 241 g/mol. The summed E-state index contributed by atoms with van der Waals surface area (Å²) in [6.45, 7) is 4.94. The zero-order valence-electron chi connectivity index (χ0n) is 10.4. The molecule has 1 atom stereocenters. The first-order valence-electron chi connectivity index (χ1n) is 5.93. The summed E-state index contributed by atoms with van der Waals surface area (Å²) in [6.07, 6.45) is 0.204. The summed E-state index contributed by atoms with van der Waals surface area (Å²) in [4.78, 5) is 1.96. The Balaban J connectivity index is 3.07. The number of hydrogen-bond donors (Lipinski definition) is 2. The monoisotopic (exact) mass is 241 g/mol. The number of aliphatic hydroxyl groups is 2. The second-order valence-electron chi connectivity index (χ2n) is 4.09. The van der Waals surface area contributed by atoms with Crippen molar-refractivity contribution in [2.45, 2.75) is 26.4 Å². The minimum absolute atomic E-state index is 0.0383. The Morgan fingerprint density at radius 3 is 2.59 bits per heavy atom. The summed E-state index contributed by atoms with van der Waals surface area (Å²) in [6, 6.07) is 4.38. The van der Waals surface area contributed by atoms with Gasteiger partial charge in [-0.1, -0.05) is 6.92 Å². The Kier molecular flexibility index (Phi) is 5.38. The molecule has 1 aromatic rings. The molecule has 0 aromatic heterocycles. The molecule has 0 radical (unpaired) electrons. The van der Waals surface area contributed by atoms with Crippen molar-refractivity contribution in [3.05, 3.63) is 29.6 Å². The van der Waals surface area contributed by atoms with Gasteiger partial charge in [0, 0.05) is 24.3 Å². The lowest BCUT2D eigenvalue weighted by atomic mass is 10.1. The van der Waals surface area contributed by atoms with E-state index in [-0.39, 0.29) is 12.4 Å². The van der Waals surface area contributed by atoms with Crippen LogP contribution in [-0.2, 0) is 0 Å². The maximum Gasteiger partial charge on any atom is 0.123 e. The lowest BCUT2D eigenvalue weighted by Gasteiger charge is -2.27. The number of anilines is 1. The van der Waals surface area contributed by atoms with E-state index in [0.29, 0.717) is 12.1 Å². The van der Waals surface area contributed by atoms with Crippen molar-refractivity contribution in [3.63, 3.8) is 0 Å². The van der Waals surface area contributed by atoms with Crippen molar-refractivity contribution in [2.75, 3.05) is 24.6 Å². The zero-order chi connectivity index (χ0) is 12.8. The highest BCUT2D eigenvalue weighted by atomic mass is 19.1. The molecule has 96 valence electrons. The van der Waals surface area contributed by atoms with Crippen LogP contribution in [0.5, 0.6) is 0 Å². The van der Waals surface area contributed by atoms with E-state index in [2.05, 4.69) is 0 Å². The van der Waals surface area contributed by atoms with E-state index in [1.807, 2.05) is 11.8 Å². The fraction of sp³-hybridized carbons (Fsp3) is 0.538. The van der Waals surface area contributed by atoms with E-state index in [4.69, 9.17) is 5.11 Å². The highest BCUT2D eigenvalue weighted by Crippen LogP contribution is 2.27. The topological polar surface area (TPSA) is 43.7 Å². The Morgan fingerprint density at radius 1 is 1.35 bits per heavy atom. The van der Waals surface area contributed by atoms with Crippen LogP contribution in [-0.4, -0.2) is 29.9 Å². The van der Waals surface area contributed by atoms with E-state index >= 15 is 0 Å². The minimum Gasteiger partial charge on any atom is -0.395 e. The van der Waals surface area contributed by atoms with Gasteiger partial charge in [0.1, 0.15) is 5.82 Å². The molecule has 3 nitrogen and oxygen atoms in total. The van der Waals surface area contributed by atoms with Crippen LogP contribution in [0, 0.1) is 5.82 Å². The molecule has 0 fully saturated rings. The molecule has 0 saturated carbocycles. The van der Waals surface area contributed by atoms with Gasteiger partial charge < -0.3 is 15.1 Å². The second-order valence-corrected chi connectivity index (χ2v) is 4.09. The van der Waals surface area contributed by atoms with Gasteiger partial charge in [0.25, 0.3) is 0 Å². The number of halogens is 1. The van der Waals surface area contributed by atoms with Gasteiger partial charge in [-0.25, -0.2) is 4.39 Å². The molecule has 0 aliphatic rings. The molecule has 0 saturated heterocycles. The third-order valence-corrected chi connectivity index (χ3v) is 2.64. The fourth-order valence-corrected chi connectivity index (χ4v) is 1.89. The van der Waals surface area contributed by atoms with E-state index in [1.165, 1.54) is 12.1 Å². The molecule has 0 aliphatic carbocycles. The highest BCUT2D eigenvalue weighted by molar-refractivity contribution is 5.54. The number of benzene rings is 1. The number of hydrogen-bond acceptors (Lipinski definition) is 3. The Labute approximate surface area is 101 Å². The molecule has 0 amide bonds. The standard InChI is InChI=1S/C13H20FNO2/c1-3-6-15(7-8-16)13-5-4-11(14)9-12(13)10(2)17/h4-5,9-10,16-17H,3,6-8H2,1-2H3/t10-/m0/s1. The molecule has 0 spiro atoms. The Bertz CT molecular complexity index is 349. The van der Waals surface area contributed by atoms with Gasteiger partial charge in [0.2, 0.25) is 0 Å². The predicted octanol–water partition coefficient (Wildman–Crippen LogP) is 2.09. The maximum atomic E-state index is 13.2. The number of nitrogens with zero attached hydrogens (tertiary/aromatic N) is 1. The molecular formula is C13H20FNO2. The molecule has 1 aromatic carbocycles. The van der Waals surface area contributed by atoms with E-state index in [0.717, 1.165) is 18.7 Å². The van der Waals surface area contributed by atoms with Crippen LogP contribution < -0.4 is 4.90 Å². The average Bonchev–Trinajstić information content (AvgIpc) is 2.28. The van der Waals surface area contributed by atoms with Crippen molar-refractivity contribution in [1.82, 2.24) is 0 Å². The van der Waals surface area contributed by atoms with Crippen LogP contribution in [0.1, 0.15) is 31.9 Å². The summed E-state index contributed by atoms with van der Waals surface area (Å²) in [5, 5.41) is 18.7. The highest BCUT2D eigenvalue weighted by Gasteiger charge is 2.14. The fourth-order valence-electron chi connectivity index (χ4n) is 1.89. The van der Waals surface area contributed by atoms with Crippen molar-refractivity contribution in [2.24, 2.45) is 0 Å². The zero-order valence-corrected chi connectivity index (χ0v) is 10.4. The van der Waals surface area contributed by atoms with Crippen LogP contribution >= 0.6 is 0 Å². The molecule has 0 bridgehead atoms. The smallest absolute Gasteiger partial charge is 0.123 e. The molecule has 0 heterocycles. The third-order valence-electron chi connectivity index (χ3n) is 2.64. The van der Waals surface area contributed by atoms with E-state index in [1.54, 1.807) is 13.0 Å². The summed E-state index contributed by atoms with van der Waals surface area (Å²) in [7, 11) is 0. The van der Waals surface area contributed by atoms with Gasteiger partial charge in [-0.15, -0.1) is 0 Å². The maximum absolute atomic E-state index is 13.2. The van der Waals surface area contributed by atoms with Crippen LogP contribution in [0.15, 0.2) is 18.2 Å². The second kappa shape index (κ2) is 6.57. The summed E-state index contributed by atoms with van der Waals surface area (Å²) < 4.78 is 13.2. The number of rotatable bonds is 6. The SMILES string of the molecule is CCCN(CCO)c1ccc(F)cc1[C@H](C)O. The molecule has 0 unspecified atom stereocenters. The third kappa shape index (κ3) is 3.68. The summed E-state index contributed by atoms with van der Waals surface area (Å²) in [5.41, 5.74) is 1.35. The van der Waals surface area contributed by atoms with Crippen molar-refractivity contribution in [3.8, 4) is 0 Å². The lowest BCUT2D eigenvalue weighted by Crippen LogP contribution is -2.28. The van der Waals surface area contributed by atoms with Crippen LogP contribution in [0.2, 0.25) is 0 Å². The molecule has 2 N–H and O–H groups in total. The molecule has 1 rings (SSSR count). The van der Waals surface area contributed by atoms with Gasteiger partial charge >= 0.3 is 0 Å². The van der Waals surface area contributed by atoms with Gasteiger partial charge in [-0.2, -0.15) is 0 Å². The van der Waals surface area contributed by atoms with Crippen molar-refractivity contribution in [1.29, 1.82) is 0 Å². The molecule has 4 heteroatoms. The molecule has 0 aliphatic heterocycles. The van der Waals surface area contributed by atoms with Crippen LogP contribution in [0.25, 0.3) is 0 Å². The van der Waals surface area contributed by atoms with Crippen LogP contribution in [0.4, 0.5) is 10.1 Å². The van der Waals surface area contributed by atoms with Gasteiger partial charge in [0.15, 0.2) is 0 Å². The first-order valence-corrected chi connectivity index (χ1v) is 5.93. The quantitative estimate of drug-likeness (QED) is 0.801. The Hall–Kier alpha value is -1.13. The van der Waals surface area contributed by atoms with Crippen molar-refractivity contribution < 1.29 is 14.6 Å². The van der Waals surface area contributed by atoms with Gasteiger partial charge in [0.05, 0.1) is 12.7 Å². The first kappa shape index (κ1) is 13.9. The predicted molar refractivity (Wildman–Crippen MR) is 66.6 cm³/mol. The number of aliphatic hydroxyl groups excluding tert-OH is 2.